The number of fused-ring (bicyclic) bond motifs is 1. The number of carbonyl (C=O) groups excluding carboxylic acids is 2. The highest BCUT2D eigenvalue weighted by atomic mass is 19.1. The lowest BCUT2D eigenvalue weighted by molar-refractivity contribution is -0.120. The fourth-order valence-electron chi connectivity index (χ4n) is 4.68. The third kappa shape index (κ3) is 7.20. The second-order valence-corrected chi connectivity index (χ2v) is 9.62. The number of rotatable bonds is 11. The van der Waals surface area contributed by atoms with Gasteiger partial charge in [0.1, 0.15) is 18.2 Å². The molecule has 2 aromatic carbocycles. The van der Waals surface area contributed by atoms with Gasteiger partial charge in [0.15, 0.2) is 0 Å². The van der Waals surface area contributed by atoms with Gasteiger partial charge in [0.25, 0.3) is 5.91 Å². The molecule has 0 spiro atoms. The van der Waals surface area contributed by atoms with Gasteiger partial charge in [-0.2, -0.15) is 0 Å². The van der Waals surface area contributed by atoms with Crippen molar-refractivity contribution in [3.8, 4) is 5.75 Å². The van der Waals surface area contributed by atoms with Gasteiger partial charge in [-0.3, -0.25) is 19.8 Å². The zero-order chi connectivity index (χ0) is 27.1. The third-order valence-corrected chi connectivity index (χ3v) is 6.88. The molecule has 204 valence electrons. The number of piperazine rings is 1. The fourth-order valence-corrected chi connectivity index (χ4v) is 4.68. The molecular weight excluding hydrogens is 493 g/mol. The van der Waals surface area contributed by atoms with Crippen LogP contribution in [0.4, 0.5) is 14.9 Å². The number of halogens is 1. The van der Waals surface area contributed by atoms with Crippen LogP contribution in [0.15, 0.2) is 36.4 Å². The molecule has 2 aromatic rings. The molecule has 4 rings (SSSR count). The van der Waals surface area contributed by atoms with Crippen molar-refractivity contribution in [1.82, 2.24) is 20.0 Å². The molecule has 2 heterocycles. The smallest absolute Gasteiger partial charge is 0.411 e. The molecule has 38 heavy (non-hydrogen) atoms. The molecular formula is C27H34FN5O5. The summed E-state index contributed by atoms with van der Waals surface area (Å²) in [6.45, 7) is 6.37. The van der Waals surface area contributed by atoms with Gasteiger partial charge in [0, 0.05) is 81.2 Å². The summed E-state index contributed by atoms with van der Waals surface area (Å²) < 4.78 is 20.5. The SMILES string of the molecule is CN1CCN(CCOc2ccc(F)c(CNc3cccc4c3CN(CCCC(=O)NC(=O)O)C4=O)c2)CC1. The number of nitrogens with zero attached hydrogens (tertiary/aromatic N) is 3. The van der Waals surface area contributed by atoms with Crippen molar-refractivity contribution in [1.29, 1.82) is 0 Å². The molecule has 2 aliphatic heterocycles. The number of amides is 3. The van der Waals surface area contributed by atoms with Gasteiger partial charge in [0.05, 0.1) is 0 Å². The molecule has 0 unspecified atom stereocenters. The summed E-state index contributed by atoms with van der Waals surface area (Å²) in [6.07, 6.45) is -1.05. The number of imide groups is 1. The summed E-state index contributed by atoms with van der Waals surface area (Å²) in [5.41, 5.74) is 2.58. The molecule has 2 aliphatic rings. The summed E-state index contributed by atoms with van der Waals surface area (Å²) in [4.78, 5) is 41.2. The van der Waals surface area contributed by atoms with E-state index in [-0.39, 0.29) is 24.7 Å². The number of hydrogen-bond donors (Lipinski definition) is 3. The zero-order valence-electron chi connectivity index (χ0n) is 21.5. The number of likely N-dealkylation sites (N-methyl/N-ethyl adjacent to an activating group) is 1. The van der Waals surface area contributed by atoms with Gasteiger partial charge in [-0.25, -0.2) is 9.18 Å². The Morgan fingerprint density at radius 1 is 1.11 bits per heavy atom. The van der Waals surface area contributed by atoms with Crippen molar-refractivity contribution in [3.05, 3.63) is 58.9 Å². The van der Waals surface area contributed by atoms with Crippen molar-refractivity contribution < 1.29 is 28.6 Å². The average molecular weight is 528 g/mol. The lowest BCUT2D eigenvalue weighted by atomic mass is 10.1. The molecule has 1 saturated heterocycles. The van der Waals surface area contributed by atoms with E-state index in [1.54, 1.807) is 34.5 Å². The van der Waals surface area contributed by atoms with Gasteiger partial charge < -0.3 is 25.0 Å². The van der Waals surface area contributed by atoms with Gasteiger partial charge >= 0.3 is 6.09 Å². The van der Waals surface area contributed by atoms with Crippen molar-refractivity contribution in [2.75, 3.05) is 58.2 Å². The van der Waals surface area contributed by atoms with Crippen LogP contribution in [-0.2, 0) is 17.9 Å². The van der Waals surface area contributed by atoms with Crippen LogP contribution in [0.2, 0.25) is 0 Å². The van der Waals surface area contributed by atoms with Crippen LogP contribution in [0.3, 0.4) is 0 Å². The van der Waals surface area contributed by atoms with E-state index < -0.39 is 12.0 Å². The fraction of sp³-hybridized carbons (Fsp3) is 0.444. The second kappa shape index (κ2) is 12.7. The Balaban J connectivity index is 1.30. The molecule has 0 aliphatic carbocycles. The average Bonchev–Trinajstić information content (AvgIpc) is 3.21. The number of nitrogens with one attached hydrogen (secondary N) is 2. The number of hydrogen-bond acceptors (Lipinski definition) is 7. The van der Waals surface area contributed by atoms with Crippen LogP contribution in [0.25, 0.3) is 0 Å². The van der Waals surface area contributed by atoms with E-state index >= 15 is 0 Å². The first kappa shape index (κ1) is 27.3. The molecule has 0 aromatic heterocycles. The zero-order valence-corrected chi connectivity index (χ0v) is 21.5. The van der Waals surface area contributed by atoms with E-state index in [0.29, 0.717) is 43.0 Å². The van der Waals surface area contributed by atoms with Crippen molar-refractivity contribution in [2.24, 2.45) is 0 Å². The Hall–Kier alpha value is -3.70. The maximum atomic E-state index is 14.6. The molecule has 11 heteroatoms. The molecule has 3 N–H and O–H groups in total. The quantitative estimate of drug-likeness (QED) is 0.409. The monoisotopic (exact) mass is 527 g/mol. The summed E-state index contributed by atoms with van der Waals surface area (Å²) >= 11 is 0. The van der Waals surface area contributed by atoms with E-state index in [4.69, 9.17) is 9.84 Å². The molecule has 1 fully saturated rings. The standard InChI is InChI=1S/C27H34FN5O5/c1-31-10-12-32(13-11-31)14-15-38-20-7-8-23(28)19(16-20)17-29-24-5-2-4-21-22(24)18-33(26(21)35)9-3-6-25(34)30-27(36)37/h2,4-5,7-8,16,29H,3,6,9-15,17-18H2,1H3,(H,30,34)(H,36,37). The molecule has 0 bridgehead atoms. The van der Waals surface area contributed by atoms with E-state index in [1.807, 2.05) is 6.07 Å². The van der Waals surface area contributed by atoms with Crippen molar-refractivity contribution in [2.45, 2.75) is 25.9 Å². The number of carbonyl (C=O) groups is 3. The maximum Gasteiger partial charge on any atom is 0.411 e. The summed E-state index contributed by atoms with van der Waals surface area (Å²) in [6, 6.07) is 10.1. The molecule has 3 amide bonds. The summed E-state index contributed by atoms with van der Waals surface area (Å²) in [7, 11) is 2.12. The highest BCUT2D eigenvalue weighted by molar-refractivity contribution is 6.00. The summed E-state index contributed by atoms with van der Waals surface area (Å²) in [5, 5.41) is 13.7. The summed E-state index contributed by atoms with van der Waals surface area (Å²) in [5.74, 6) is -0.474. The lowest BCUT2D eigenvalue weighted by Gasteiger charge is -2.32. The Labute approximate surface area is 221 Å². The number of carboxylic acid groups (broad SMARTS) is 1. The van der Waals surface area contributed by atoms with Gasteiger partial charge in [-0.1, -0.05) is 6.07 Å². The van der Waals surface area contributed by atoms with Crippen LogP contribution in [-0.4, -0.2) is 90.6 Å². The van der Waals surface area contributed by atoms with Gasteiger partial charge in [-0.05, 0) is 43.8 Å². The Kier molecular flexibility index (Phi) is 9.14. The molecule has 10 nitrogen and oxygen atoms in total. The number of ether oxygens (including phenoxy) is 1. The highest BCUT2D eigenvalue weighted by Gasteiger charge is 2.29. The topological polar surface area (TPSA) is 114 Å². The first-order valence-corrected chi connectivity index (χ1v) is 12.8. The lowest BCUT2D eigenvalue weighted by Crippen LogP contribution is -2.45. The minimum absolute atomic E-state index is 0.00456. The number of anilines is 1. The first-order chi connectivity index (χ1) is 18.3. The van der Waals surface area contributed by atoms with Crippen LogP contribution in [0.1, 0.15) is 34.3 Å². The van der Waals surface area contributed by atoms with Crippen molar-refractivity contribution in [3.63, 3.8) is 0 Å². The van der Waals surface area contributed by atoms with Crippen molar-refractivity contribution >= 4 is 23.6 Å². The van der Waals surface area contributed by atoms with Crippen LogP contribution in [0, 0.1) is 5.82 Å². The number of benzene rings is 2. The largest absolute Gasteiger partial charge is 0.492 e. The van der Waals surface area contributed by atoms with E-state index in [1.165, 1.54) is 6.07 Å². The molecule has 0 radical (unpaired) electrons. The third-order valence-electron chi connectivity index (χ3n) is 6.88. The van der Waals surface area contributed by atoms with E-state index in [9.17, 15) is 18.8 Å². The molecule has 0 atom stereocenters. The minimum atomic E-state index is -1.39. The van der Waals surface area contributed by atoms with Crippen LogP contribution >= 0.6 is 0 Å². The minimum Gasteiger partial charge on any atom is -0.492 e. The van der Waals surface area contributed by atoms with E-state index in [2.05, 4.69) is 22.2 Å². The molecule has 0 saturated carbocycles. The normalized spacial score (nSPS) is 15.8. The Morgan fingerprint density at radius 2 is 1.89 bits per heavy atom. The van der Waals surface area contributed by atoms with E-state index in [0.717, 1.165) is 44.0 Å². The predicted octanol–water partition coefficient (Wildman–Crippen LogP) is 2.59. The second-order valence-electron chi connectivity index (χ2n) is 9.62. The predicted molar refractivity (Wildman–Crippen MR) is 140 cm³/mol. The Morgan fingerprint density at radius 3 is 2.66 bits per heavy atom. The Bertz CT molecular complexity index is 1170. The van der Waals surface area contributed by atoms with Crippen LogP contribution in [0.5, 0.6) is 5.75 Å². The first-order valence-electron chi connectivity index (χ1n) is 12.8. The maximum absolute atomic E-state index is 14.6. The van der Waals surface area contributed by atoms with Gasteiger partial charge in [0.2, 0.25) is 5.91 Å². The van der Waals surface area contributed by atoms with Crippen LogP contribution < -0.4 is 15.4 Å². The van der Waals surface area contributed by atoms with Gasteiger partial charge in [-0.15, -0.1) is 0 Å². The highest BCUT2D eigenvalue weighted by Crippen LogP contribution is 2.30.